The number of aliphatic hydroxyl groups is 1. The van der Waals surface area contributed by atoms with Crippen molar-refractivity contribution in [2.75, 3.05) is 13.2 Å². The number of benzene rings is 1. The Hall–Kier alpha value is -2.97. The van der Waals surface area contributed by atoms with E-state index in [1.54, 1.807) is 16.0 Å². The van der Waals surface area contributed by atoms with Crippen molar-refractivity contribution in [1.29, 1.82) is 0 Å². The maximum absolute atomic E-state index is 13.1. The van der Waals surface area contributed by atoms with Gasteiger partial charge in [-0.05, 0) is 30.4 Å². The zero-order valence-corrected chi connectivity index (χ0v) is 19.0. The summed E-state index contributed by atoms with van der Waals surface area (Å²) >= 11 is 1.66. The number of nitrogens with zero attached hydrogens (tertiary/aromatic N) is 3. The topological polar surface area (TPSA) is 87.5 Å². The average Bonchev–Trinajstić information content (AvgIpc) is 3.46. The highest BCUT2D eigenvalue weighted by Gasteiger charge is 2.30. The molecule has 0 radical (unpaired) electrons. The third-order valence-electron chi connectivity index (χ3n) is 5.83. The number of aromatic nitrogens is 2. The molecule has 8 heteroatoms. The predicted octanol–water partition coefficient (Wildman–Crippen LogP) is 2.95. The van der Waals surface area contributed by atoms with Crippen LogP contribution in [0.3, 0.4) is 0 Å². The molecule has 1 aromatic carbocycles. The van der Waals surface area contributed by atoms with Crippen molar-refractivity contribution in [3.63, 3.8) is 0 Å². The Kier molecular flexibility index (Phi) is 7.02. The first-order valence-corrected chi connectivity index (χ1v) is 11.8. The summed E-state index contributed by atoms with van der Waals surface area (Å²) in [5.74, 6) is -0.176. The minimum atomic E-state index is -0.262. The molecule has 3 heterocycles. The Bertz CT molecular complexity index is 1060. The molecule has 2 amide bonds. The number of carbonyl (C=O) groups excluding carboxylic acids is 2. The summed E-state index contributed by atoms with van der Waals surface area (Å²) in [6, 6.07) is 13.6. The maximum atomic E-state index is 13.1. The van der Waals surface area contributed by atoms with Gasteiger partial charge in [0.05, 0.1) is 19.2 Å². The molecule has 3 aromatic rings. The number of hydrogen-bond acceptors (Lipinski definition) is 5. The van der Waals surface area contributed by atoms with E-state index in [0.29, 0.717) is 38.2 Å². The second-order valence-corrected chi connectivity index (χ2v) is 9.00. The number of rotatable bonds is 8. The van der Waals surface area contributed by atoms with Gasteiger partial charge in [-0.2, -0.15) is 5.10 Å². The van der Waals surface area contributed by atoms with Gasteiger partial charge in [0.25, 0.3) is 5.91 Å². The second-order valence-electron chi connectivity index (χ2n) is 7.97. The Morgan fingerprint density at radius 1 is 1.22 bits per heavy atom. The van der Waals surface area contributed by atoms with Gasteiger partial charge in [0.2, 0.25) is 5.91 Å². The number of nitrogens with one attached hydrogen (secondary N) is 1. The smallest absolute Gasteiger partial charge is 0.272 e. The SMILES string of the molecule is CC(NC(=O)c1nn(CCO)c2c1CN(C(=O)CCc1cccs1)CC2)c1ccccc1. The predicted molar refractivity (Wildman–Crippen MR) is 123 cm³/mol. The third kappa shape index (κ3) is 4.92. The standard InChI is InChI=1S/C24H28N4O3S/c1-17(18-6-3-2-4-7-18)25-24(31)23-20-16-27(12-11-21(20)28(26-23)13-14-29)22(30)10-9-19-8-5-15-32-19/h2-8,15,17,29H,9-14,16H2,1H3,(H,25,31). The largest absolute Gasteiger partial charge is 0.394 e. The Labute approximate surface area is 191 Å². The van der Waals surface area contributed by atoms with Crippen molar-refractivity contribution in [2.24, 2.45) is 0 Å². The molecule has 0 saturated carbocycles. The van der Waals surface area contributed by atoms with Gasteiger partial charge in [-0.25, -0.2) is 0 Å². The summed E-state index contributed by atoms with van der Waals surface area (Å²) in [6.45, 7) is 3.17. The van der Waals surface area contributed by atoms with Gasteiger partial charge in [-0.15, -0.1) is 11.3 Å². The molecular weight excluding hydrogens is 424 g/mol. The molecule has 0 fully saturated rings. The maximum Gasteiger partial charge on any atom is 0.272 e. The fraction of sp³-hybridized carbons (Fsp3) is 0.375. The van der Waals surface area contributed by atoms with Gasteiger partial charge >= 0.3 is 0 Å². The van der Waals surface area contributed by atoms with E-state index in [1.807, 2.05) is 59.7 Å². The number of thiophene rings is 1. The van der Waals surface area contributed by atoms with Gasteiger partial charge in [0.1, 0.15) is 0 Å². The molecule has 2 aromatic heterocycles. The quantitative estimate of drug-likeness (QED) is 0.550. The Morgan fingerprint density at radius 2 is 2.03 bits per heavy atom. The molecule has 2 N–H and O–H groups in total. The van der Waals surface area contributed by atoms with Crippen LogP contribution in [0.1, 0.15) is 51.6 Å². The number of amides is 2. The van der Waals surface area contributed by atoms with Crippen LogP contribution in [0.4, 0.5) is 0 Å². The van der Waals surface area contributed by atoms with Crippen LogP contribution in [0.5, 0.6) is 0 Å². The highest BCUT2D eigenvalue weighted by atomic mass is 32.1. The van der Waals surface area contributed by atoms with Crippen molar-refractivity contribution in [2.45, 2.75) is 45.3 Å². The first kappa shape index (κ1) is 22.2. The molecule has 0 bridgehead atoms. The first-order chi connectivity index (χ1) is 15.6. The normalized spacial score (nSPS) is 14.1. The van der Waals surface area contributed by atoms with E-state index in [0.717, 1.165) is 23.2 Å². The highest BCUT2D eigenvalue weighted by Crippen LogP contribution is 2.25. The van der Waals surface area contributed by atoms with Gasteiger partial charge in [0.15, 0.2) is 5.69 Å². The van der Waals surface area contributed by atoms with Gasteiger partial charge < -0.3 is 15.3 Å². The molecule has 0 spiro atoms. The second kappa shape index (κ2) is 10.1. The molecule has 0 aliphatic carbocycles. The van der Waals surface area contributed by atoms with Crippen LogP contribution in [0.25, 0.3) is 0 Å². The lowest BCUT2D eigenvalue weighted by molar-refractivity contribution is -0.132. The van der Waals surface area contributed by atoms with Crippen LogP contribution in [-0.4, -0.2) is 44.8 Å². The lowest BCUT2D eigenvalue weighted by atomic mass is 10.0. The van der Waals surface area contributed by atoms with E-state index in [4.69, 9.17) is 0 Å². The minimum absolute atomic E-state index is 0.0565. The van der Waals surface area contributed by atoms with Crippen LogP contribution >= 0.6 is 11.3 Å². The lowest BCUT2D eigenvalue weighted by Gasteiger charge is -2.28. The Morgan fingerprint density at radius 3 is 2.75 bits per heavy atom. The molecule has 0 saturated heterocycles. The van der Waals surface area contributed by atoms with Crippen molar-refractivity contribution in [3.8, 4) is 0 Å². The van der Waals surface area contributed by atoms with E-state index < -0.39 is 0 Å². The number of hydrogen-bond donors (Lipinski definition) is 2. The van der Waals surface area contributed by atoms with Crippen molar-refractivity contribution < 1.29 is 14.7 Å². The molecule has 7 nitrogen and oxygen atoms in total. The van der Waals surface area contributed by atoms with Crippen LogP contribution in [0.15, 0.2) is 47.8 Å². The van der Waals surface area contributed by atoms with E-state index in [1.165, 1.54) is 4.88 Å². The number of carbonyl (C=O) groups is 2. The van der Waals surface area contributed by atoms with Crippen LogP contribution in [-0.2, 0) is 30.7 Å². The number of aliphatic hydroxyl groups excluding tert-OH is 1. The van der Waals surface area contributed by atoms with Crippen molar-refractivity contribution >= 4 is 23.2 Å². The summed E-state index contributed by atoms with van der Waals surface area (Å²) in [4.78, 5) is 29.0. The molecule has 1 atom stereocenters. The van der Waals surface area contributed by atoms with Crippen LogP contribution in [0.2, 0.25) is 0 Å². The summed E-state index contributed by atoms with van der Waals surface area (Å²) in [6.07, 6.45) is 1.80. The van der Waals surface area contributed by atoms with E-state index in [9.17, 15) is 14.7 Å². The monoisotopic (exact) mass is 452 g/mol. The third-order valence-corrected chi connectivity index (χ3v) is 6.76. The van der Waals surface area contributed by atoms with Gasteiger partial charge in [-0.3, -0.25) is 14.3 Å². The zero-order valence-electron chi connectivity index (χ0n) is 18.2. The fourth-order valence-corrected chi connectivity index (χ4v) is 4.81. The Balaban J connectivity index is 1.50. The van der Waals surface area contributed by atoms with E-state index in [-0.39, 0.29) is 24.5 Å². The molecule has 32 heavy (non-hydrogen) atoms. The highest BCUT2D eigenvalue weighted by molar-refractivity contribution is 7.09. The lowest BCUT2D eigenvalue weighted by Crippen LogP contribution is -2.37. The molecule has 1 aliphatic rings. The first-order valence-electron chi connectivity index (χ1n) is 10.9. The fourth-order valence-electron chi connectivity index (χ4n) is 4.10. The van der Waals surface area contributed by atoms with Crippen molar-refractivity contribution in [3.05, 3.63) is 75.2 Å². The van der Waals surface area contributed by atoms with Crippen LogP contribution < -0.4 is 5.32 Å². The van der Waals surface area contributed by atoms with E-state index >= 15 is 0 Å². The summed E-state index contributed by atoms with van der Waals surface area (Å²) in [5.41, 5.74) is 3.06. The summed E-state index contributed by atoms with van der Waals surface area (Å²) in [5, 5.41) is 19.0. The molecular formula is C24H28N4O3S. The van der Waals surface area contributed by atoms with Gasteiger partial charge in [0, 0.05) is 42.1 Å². The zero-order chi connectivity index (χ0) is 22.5. The van der Waals surface area contributed by atoms with Crippen LogP contribution in [0, 0.1) is 0 Å². The molecule has 1 aliphatic heterocycles. The number of fused-ring (bicyclic) bond motifs is 1. The summed E-state index contributed by atoms with van der Waals surface area (Å²) < 4.78 is 1.71. The minimum Gasteiger partial charge on any atom is -0.394 e. The number of aryl methyl sites for hydroxylation is 1. The molecule has 4 rings (SSSR count). The van der Waals surface area contributed by atoms with Gasteiger partial charge in [-0.1, -0.05) is 36.4 Å². The summed E-state index contributed by atoms with van der Waals surface area (Å²) in [7, 11) is 0. The van der Waals surface area contributed by atoms with E-state index in [2.05, 4.69) is 10.4 Å². The average molecular weight is 453 g/mol. The molecule has 168 valence electrons. The molecule has 1 unspecified atom stereocenters. The van der Waals surface area contributed by atoms with Crippen molar-refractivity contribution in [1.82, 2.24) is 20.0 Å².